The molecule has 1 heterocycles. The molecule has 20 heavy (non-hydrogen) atoms. The highest BCUT2D eigenvalue weighted by atomic mass is 19.4. The van der Waals surface area contributed by atoms with Gasteiger partial charge < -0.3 is 9.80 Å². The van der Waals surface area contributed by atoms with Crippen molar-refractivity contribution in [3.8, 4) is 0 Å². The standard InChI is InChI=1S/C10H18F3N7/c1-4-5-20(6-10(11,12)13)9-16-7(18-14)15-8(17-9)19(2)3/h4-6,14H2,1-3H3,(H,15,16,17,18). The predicted molar refractivity (Wildman–Crippen MR) is 70.5 cm³/mol. The van der Waals surface area contributed by atoms with E-state index in [1.54, 1.807) is 25.9 Å². The summed E-state index contributed by atoms with van der Waals surface area (Å²) in [6.45, 7) is 0.835. The summed E-state index contributed by atoms with van der Waals surface area (Å²) < 4.78 is 37.8. The minimum Gasteiger partial charge on any atom is -0.347 e. The van der Waals surface area contributed by atoms with Gasteiger partial charge in [0, 0.05) is 20.6 Å². The van der Waals surface area contributed by atoms with Crippen molar-refractivity contribution in [2.75, 3.05) is 42.4 Å². The smallest absolute Gasteiger partial charge is 0.347 e. The van der Waals surface area contributed by atoms with Crippen LogP contribution in [-0.4, -0.2) is 48.3 Å². The number of nitrogens with one attached hydrogen (secondary N) is 1. The minimum absolute atomic E-state index is 0.0157. The van der Waals surface area contributed by atoms with Crippen LogP contribution in [0, 0.1) is 0 Å². The Kier molecular flexibility index (Phi) is 5.31. The third-order valence-corrected chi connectivity index (χ3v) is 2.29. The molecule has 0 saturated carbocycles. The number of hydrazine groups is 1. The summed E-state index contributed by atoms with van der Waals surface area (Å²) >= 11 is 0. The Morgan fingerprint density at radius 1 is 1.15 bits per heavy atom. The van der Waals surface area contributed by atoms with Crippen molar-refractivity contribution in [2.45, 2.75) is 19.5 Å². The van der Waals surface area contributed by atoms with E-state index in [0.29, 0.717) is 6.42 Å². The first-order valence-electron chi connectivity index (χ1n) is 5.98. The molecule has 0 bridgehead atoms. The van der Waals surface area contributed by atoms with Gasteiger partial charge in [0.05, 0.1) is 0 Å². The van der Waals surface area contributed by atoms with Crippen LogP contribution in [0.25, 0.3) is 0 Å². The van der Waals surface area contributed by atoms with Gasteiger partial charge >= 0.3 is 6.18 Å². The van der Waals surface area contributed by atoms with Crippen molar-refractivity contribution < 1.29 is 13.2 Å². The number of nitrogens with two attached hydrogens (primary N) is 1. The molecule has 0 saturated heterocycles. The van der Waals surface area contributed by atoms with E-state index in [4.69, 9.17) is 5.84 Å². The molecule has 1 rings (SSSR count). The Bertz CT molecular complexity index is 435. The van der Waals surface area contributed by atoms with E-state index < -0.39 is 12.7 Å². The maximum atomic E-state index is 12.6. The molecule has 0 atom stereocenters. The fraction of sp³-hybridized carbons (Fsp3) is 0.700. The van der Waals surface area contributed by atoms with Crippen LogP contribution in [0.3, 0.4) is 0 Å². The van der Waals surface area contributed by atoms with Gasteiger partial charge in [-0.05, 0) is 6.42 Å². The van der Waals surface area contributed by atoms with Gasteiger partial charge in [-0.15, -0.1) is 0 Å². The molecule has 0 aliphatic rings. The third kappa shape index (κ3) is 4.68. The normalized spacial score (nSPS) is 11.3. The Labute approximate surface area is 115 Å². The maximum Gasteiger partial charge on any atom is 0.406 e. The molecule has 0 radical (unpaired) electrons. The molecule has 0 aliphatic carbocycles. The van der Waals surface area contributed by atoms with Crippen LogP contribution in [0.5, 0.6) is 0 Å². The summed E-state index contributed by atoms with van der Waals surface area (Å²) in [6, 6.07) is 0. The first kappa shape index (κ1) is 16.2. The Balaban J connectivity index is 3.14. The molecular formula is C10H18F3N7. The second kappa shape index (κ2) is 6.55. The minimum atomic E-state index is -4.34. The molecule has 0 fully saturated rings. The highest BCUT2D eigenvalue weighted by Crippen LogP contribution is 2.21. The predicted octanol–water partition coefficient (Wildman–Crippen LogP) is 1.00. The lowest BCUT2D eigenvalue weighted by Gasteiger charge is -2.24. The van der Waals surface area contributed by atoms with Crippen LogP contribution < -0.4 is 21.1 Å². The lowest BCUT2D eigenvalue weighted by molar-refractivity contribution is -0.119. The van der Waals surface area contributed by atoms with Gasteiger partial charge in [0.2, 0.25) is 17.8 Å². The lowest BCUT2D eigenvalue weighted by atomic mass is 10.4. The van der Waals surface area contributed by atoms with Crippen molar-refractivity contribution in [2.24, 2.45) is 5.84 Å². The van der Waals surface area contributed by atoms with Crippen LogP contribution in [0.15, 0.2) is 0 Å². The molecule has 1 aromatic heterocycles. The van der Waals surface area contributed by atoms with Crippen molar-refractivity contribution in [1.82, 2.24) is 15.0 Å². The zero-order valence-corrected chi connectivity index (χ0v) is 11.6. The number of nitrogen functional groups attached to an aromatic ring is 1. The molecule has 3 N–H and O–H groups in total. The van der Waals surface area contributed by atoms with Crippen LogP contribution >= 0.6 is 0 Å². The van der Waals surface area contributed by atoms with E-state index in [-0.39, 0.29) is 24.4 Å². The first-order chi connectivity index (χ1) is 9.26. The average Bonchev–Trinajstić information content (AvgIpc) is 2.36. The van der Waals surface area contributed by atoms with Gasteiger partial charge in [-0.25, -0.2) is 5.84 Å². The summed E-state index contributed by atoms with van der Waals surface area (Å²) in [4.78, 5) is 14.5. The van der Waals surface area contributed by atoms with E-state index in [1.807, 2.05) is 0 Å². The zero-order valence-electron chi connectivity index (χ0n) is 11.6. The fourth-order valence-electron chi connectivity index (χ4n) is 1.50. The quantitative estimate of drug-likeness (QED) is 0.598. The second-order valence-corrected chi connectivity index (χ2v) is 4.33. The van der Waals surface area contributed by atoms with E-state index in [0.717, 1.165) is 4.90 Å². The van der Waals surface area contributed by atoms with Gasteiger partial charge in [0.1, 0.15) is 6.54 Å². The number of hydrogen-bond donors (Lipinski definition) is 2. The lowest BCUT2D eigenvalue weighted by Crippen LogP contribution is -2.36. The maximum absolute atomic E-state index is 12.6. The van der Waals surface area contributed by atoms with Gasteiger partial charge in [-0.2, -0.15) is 28.1 Å². The number of anilines is 3. The highest BCUT2D eigenvalue weighted by molar-refractivity contribution is 5.44. The van der Waals surface area contributed by atoms with Crippen LogP contribution in [-0.2, 0) is 0 Å². The summed E-state index contributed by atoms with van der Waals surface area (Å²) in [7, 11) is 3.35. The van der Waals surface area contributed by atoms with Gasteiger partial charge in [0.15, 0.2) is 0 Å². The Morgan fingerprint density at radius 3 is 2.20 bits per heavy atom. The van der Waals surface area contributed by atoms with Crippen molar-refractivity contribution in [3.63, 3.8) is 0 Å². The monoisotopic (exact) mass is 293 g/mol. The zero-order chi connectivity index (χ0) is 15.3. The van der Waals surface area contributed by atoms with Gasteiger partial charge in [-0.3, -0.25) is 5.43 Å². The Morgan fingerprint density at radius 2 is 1.75 bits per heavy atom. The topological polar surface area (TPSA) is 83.2 Å². The van der Waals surface area contributed by atoms with E-state index in [2.05, 4.69) is 20.4 Å². The molecule has 0 amide bonds. The molecular weight excluding hydrogens is 275 g/mol. The van der Waals surface area contributed by atoms with Gasteiger partial charge in [0.25, 0.3) is 0 Å². The molecule has 10 heteroatoms. The molecule has 7 nitrogen and oxygen atoms in total. The summed E-state index contributed by atoms with van der Waals surface area (Å²) in [5.74, 6) is 5.41. The Hall–Kier alpha value is -1.84. The average molecular weight is 293 g/mol. The number of nitrogens with zero attached hydrogens (tertiary/aromatic N) is 5. The molecule has 0 aliphatic heterocycles. The SMILES string of the molecule is CCCN(CC(F)(F)F)c1nc(NN)nc(N(C)C)n1. The molecule has 0 spiro atoms. The number of halogens is 3. The van der Waals surface area contributed by atoms with Crippen LogP contribution in [0.1, 0.15) is 13.3 Å². The van der Waals surface area contributed by atoms with Crippen LogP contribution in [0.2, 0.25) is 0 Å². The first-order valence-corrected chi connectivity index (χ1v) is 5.98. The number of aromatic nitrogens is 3. The van der Waals surface area contributed by atoms with Crippen molar-refractivity contribution in [3.05, 3.63) is 0 Å². The van der Waals surface area contributed by atoms with E-state index >= 15 is 0 Å². The summed E-state index contributed by atoms with van der Waals surface area (Å²) in [5.41, 5.74) is 2.23. The molecule has 114 valence electrons. The second-order valence-electron chi connectivity index (χ2n) is 4.33. The number of alkyl halides is 3. The fourth-order valence-corrected chi connectivity index (χ4v) is 1.50. The molecule has 0 unspecified atom stereocenters. The molecule has 0 aromatic carbocycles. The third-order valence-electron chi connectivity index (χ3n) is 2.29. The van der Waals surface area contributed by atoms with Crippen molar-refractivity contribution >= 4 is 17.8 Å². The molecule has 1 aromatic rings. The van der Waals surface area contributed by atoms with Crippen molar-refractivity contribution in [1.29, 1.82) is 0 Å². The summed E-state index contributed by atoms with van der Waals surface area (Å²) in [6.07, 6.45) is -3.80. The number of hydrogen-bond acceptors (Lipinski definition) is 7. The van der Waals surface area contributed by atoms with E-state index in [1.165, 1.54) is 0 Å². The van der Waals surface area contributed by atoms with E-state index in [9.17, 15) is 13.2 Å². The number of rotatable bonds is 6. The van der Waals surface area contributed by atoms with Gasteiger partial charge in [-0.1, -0.05) is 6.92 Å². The summed E-state index contributed by atoms with van der Waals surface area (Å²) in [5, 5.41) is 0. The van der Waals surface area contributed by atoms with Crippen LogP contribution in [0.4, 0.5) is 31.0 Å². The highest BCUT2D eigenvalue weighted by Gasteiger charge is 2.32. The largest absolute Gasteiger partial charge is 0.406 e.